The molecule has 134 heavy (non-hydrogen) atoms. The number of amides is 3. The molecule has 0 aliphatic rings. The van der Waals surface area contributed by atoms with Crippen LogP contribution in [-0.2, 0) is 23.7 Å². The van der Waals surface area contributed by atoms with Crippen molar-refractivity contribution in [2.75, 3.05) is 51.2 Å². The molecule has 52 nitrogen and oxygen atoms in total. The molecule has 0 saturated heterocycles. The highest BCUT2D eigenvalue weighted by Gasteiger charge is 2.26. The van der Waals surface area contributed by atoms with Gasteiger partial charge in [0.2, 0.25) is 50.8 Å². The SMILES string of the molecule is BrBr.CCOC(OCC)OCC.COC(=O)c1occc1N.COC(=O)c1occc1[N+](=O)[O-].N.NC(=O)c1oc(Br)c(Br)c1N.NC(=O)c1occc1N.NC(=O)c1occc1[N+](=O)[O-].O=c1[nH]cnc2c(Br)c(Br)oc12.O=c1[nH]cnc2c(Br)coc12.O=c1[nH]cnc2ccoc12.POc1ncnc2c(Br)coc12.POc1ncnc2c(Br)coc12.POc1ncnc2ccoc12. The molecule has 18 N–H and O–H groups in total. The molecule has 0 fully saturated rings. The summed E-state index contributed by atoms with van der Waals surface area (Å²) >= 11 is 27.8. The molecule has 17 aromatic heterocycles. The largest absolute Gasteiger partial charge is 0.463 e. The molecular weight excluding hydrogens is 2440 g/mol. The monoisotopic (exact) mass is 2500 g/mol. The average molecular weight is 2510 g/mol. The van der Waals surface area contributed by atoms with Crippen LogP contribution in [0, 0.1) is 20.2 Å². The number of methoxy groups -OCH3 is 2. The molecule has 0 radical (unpaired) electrons. The number of carbonyl (C=O) groups excluding carboxylic acids is 5. The van der Waals surface area contributed by atoms with Gasteiger partial charge in [0.1, 0.15) is 70.9 Å². The lowest BCUT2D eigenvalue weighted by atomic mass is 10.4. The van der Waals surface area contributed by atoms with Gasteiger partial charge in [-0.1, -0.05) is 0 Å². The standard InChI is InChI=1S/C7H16O3.C6H2Br2N2O2.2C6H4BrN2O2P.C6H3BrN2O2.C6H5N2O2P.C6H4N2O2.C6H5NO5.C6H7NO3.C5H4Br2N2O2.C5H4N2O4.C5H6N2O2.Br2.H3N/c1-4-8-7(9-5-2)10-6-3;7-2-3-4(12-5(2)8)6(11)10-1-9-3;2*7-3-1-10-5-4(3)8-2-9-6(5)11-12;7-3-1-11-5-4(3)8-2-9-6(5)10;11-10-6-5-4(1-2-9-5)7-3-8-6;9-6-5-4(1-2-10-5)7-3-8-6;1-11-6(8)5-4(7(9)10)2-3-12-5;1-9-6(8)5-4(7)2-3-10-5;6-1-2(8)3(5(9)10)11-4(1)7;6-5(8)4-3(7(9)10)1-2-11-4;6-3-1-2-9-4(3)5(7)8;1-2;/h7H,4-6H2,1-3H3;1H,(H,9,10,11);2*1-2H,12H2;1-2H,(H,8,9,10);1-3H,11H2;1-3H,(H,7,8,9);2-3H,1H3;2-3H,7H2,1H3;8H2,(H2,9,10);1-2H,(H2,6,8);1-2H,6H2,(H2,7,8);;1H3. The number of H-pyrrole nitrogens is 3. The molecule has 3 atom stereocenters. The summed E-state index contributed by atoms with van der Waals surface area (Å²) in [6.07, 6.45) is 20.6. The predicted molar refractivity (Wildman–Crippen MR) is 514 cm³/mol. The Balaban J connectivity index is 0.000000305. The fourth-order valence-corrected chi connectivity index (χ4v) is 11.6. The molecule has 0 spiro atoms. The molecule has 0 aromatic carbocycles. The summed E-state index contributed by atoms with van der Waals surface area (Å²) < 4.78 is 96.3. The minimum Gasteiger partial charge on any atom is -0.463 e. The Morgan fingerprint density at radius 3 is 1.16 bits per heavy atom. The third kappa shape index (κ3) is 33.2. The number of carbonyl (C=O) groups is 5. The number of fused-ring (bicyclic) bond motifs is 6. The zero-order valence-corrected chi connectivity index (χ0v) is 85.9. The maximum Gasteiger partial charge on any atom is 0.381 e. The van der Waals surface area contributed by atoms with E-state index in [1.54, 1.807) is 30.9 Å². The lowest BCUT2D eigenvalue weighted by molar-refractivity contribution is -0.385. The molecule has 17 rings (SSSR count). The number of nitrogens with one attached hydrogen (secondary N) is 3. The van der Waals surface area contributed by atoms with E-state index < -0.39 is 57.4 Å². The average Bonchev–Trinajstić information content (AvgIpc) is 1.66. The molecular formula is C70H67Br9N21O31P3. The summed E-state index contributed by atoms with van der Waals surface area (Å²) in [5, 5.41) is 20.4. The van der Waals surface area contributed by atoms with Gasteiger partial charge in [0, 0.05) is 72.3 Å². The number of esters is 2. The number of nitrogen functional groups attached to an aromatic ring is 3. The normalized spacial score (nSPS) is 9.96. The van der Waals surface area contributed by atoms with Gasteiger partial charge < -0.3 is 141 Å². The number of nitro groups is 2. The smallest absolute Gasteiger partial charge is 0.381 e. The summed E-state index contributed by atoms with van der Waals surface area (Å²) in [6, 6.07) is 8.52. The highest BCUT2D eigenvalue weighted by Crippen LogP contribution is 2.36. The van der Waals surface area contributed by atoms with Gasteiger partial charge in [-0.2, -0.15) is 15.0 Å². The summed E-state index contributed by atoms with van der Waals surface area (Å²) in [5.41, 5.74) is 36.0. The van der Waals surface area contributed by atoms with Crippen LogP contribution in [-0.4, -0.2) is 140 Å². The molecule has 716 valence electrons. The van der Waals surface area contributed by atoms with E-state index in [4.69, 9.17) is 97.5 Å². The fraction of sp³-hybridized carbons (Fsp3) is 0.129. The molecule has 0 aliphatic carbocycles. The quantitative estimate of drug-likeness (QED) is 0.0141. The van der Waals surface area contributed by atoms with Crippen molar-refractivity contribution < 1.29 is 120 Å². The maximum absolute atomic E-state index is 11.1. The van der Waals surface area contributed by atoms with Gasteiger partial charge in [-0.05, 0) is 132 Å². The van der Waals surface area contributed by atoms with Crippen molar-refractivity contribution in [1.82, 2.24) is 66.0 Å². The second-order valence-electron chi connectivity index (χ2n) is 22.4. The fourth-order valence-electron chi connectivity index (χ4n) is 8.67. The van der Waals surface area contributed by atoms with E-state index >= 15 is 0 Å². The first-order valence-corrected chi connectivity index (χ1v) is 45.5. The van der Waals surface area contributed by atoms with Gasteiger partial charge in [-0.25, -0.2) is 39.5 Å². The van der Waals surface area contributed by atoms with E-state index in [0.717, 1.165) is 46.2 Å². The van der Waals surface area contributed by atoms with Gasteiger partial charge in [-0.15, -0.1) is 0 Å². The number of nitrogens with zero attached hydrogens (tertiary/aromatic N) is 11. The zero-order chi connectivity index (χ0) is 98.7. The Labute approximate surface area is 827 Å². The first kappa shape index (κ1) is 114. The number of furan rings is 11. The molecule has 0 bridgehead atoms. The summed E-state index contributed by atoms with van der Waals surface area (Å²) in [7, 11) is 8.72. The minimum absolute atomic E-state index is 0. The highest BCUT2D eigenvalue weighted by molar-refractivity contribution is 9.93. The number of rotatable bonds is 16. The van der Waals surface area contributed by atoms with Crippen LogP contribution in [0.5, 0.6) is 17.6 Å². The number of ether oxygens (including phenoxy) is 5. The Kier molecular flexibility index (Phi) is 50.2. The van der Waals surface area contributed by atoms with Gasteiger partial charge in [0.05, 0.1) is 161 Å². The van der Waals surface area contributed by atoms with Crippen molar-refractivity contribution in [3.8, 4) is 17.6 Å². The van der Waals surface area contributed by atoms with E-state index in [1.807, 2.05) is 20.8 Å². The number of anilines is 3. The number of primary amides is 3. The van der Waals surface area contributed by atoms with E-state index in [0.29, 0.717) is 110 Å². The number of aromatic nitrogens is 12. The van der Waals surface area contributed by atoms with Crippen LogP contribution in [0.15, 0.2) is 225 Å². The van der Waals surface area contributed by atoms with Crippen molar-refractivity contribution in [3.63, 3.8) is 0 Å². The second kappa shape index (κ2) is 58.8. The highest BCUT2D eigenvalue weighted by atomic mass is 80.9. The van der Waals surface area contributed by atoms with Crippen molar-refractivity contribution in [2.24, 2.45) is 17.2 Å². The van der Waals surface area contributed by atoms with Crippen LogP contribution < -0.4 is 70.8 Å². The third-order valence-electron chi connectivity index (χ3n) is 14.3. The number of aromatic amines is 3. The predicted octanol–water partition coefficient (Wildman–Crippen LogP) is 16.1. The molecule has 64 heteroatoms. The molecule has 3 unspecified atom stereocenters. The Bertz CT molecular complexity index is 6730. The second-order valence-corrected chi connectivity index (χ2v) is 28.7. The van der Waals surface area contributed by atoms with Crippen LogP contribution in [0.2, 0.25) is 0 Å². The number of halogens is 9. The van der Waals surface area contributed by atoms with Crippen molar-refractivity contribution >= 4 is 293 Å². The van der Waals surface area contributed by atoms with Crippen LogP contribution in [0.1, 0.15) is 73.5 Å². The zero-order valence-electron chi connectivity index (χ0n) is 68.2. The van der Waals surface area contributed by atoms with E-state index in [-0.39, 0.29) is 79.7 Å². The van der Waals surface area contributed by atoms with Gasteiger partial charge in [-0.3, -0.25) is 49.0 Å². The molecule has 0 aliphatic heterocycles. The minimum atomic E-state index is -0.943. The molecule has 17 heterocycles. The van der Waals surface area contributed by atoms with Crippen molar-refractivity contribution in [2.45, 2.75) is 27.2 Å². The van der Waals surface area contributed by atoms with Gasteiger partial charge in [0.25, 0.3) is 70.0 Å². The molecule has 0 saturated carbocycles. The van der Waals surface area contributed by atoms with Gasteiger partial charge in [0.15, 0.2) is 9.34 Å². The Morgan fingerprint density at radius 2 is 0.784 bits per heavy atom. The van der Waals surface area contributed by atoms with Gasteiger partial charge >= 0.3 is 23.3 Å². The first-order valence-electron chi connectivity index (χ1n) is 34.8. The van der Waals surface area contributed by atoms with Crippen molar-refractivity contribution in [3.05, 3.63) is 243 Å². The van der Waals surface area contributed by atoms with E-state index in [1.165, 1.54) is 82.3 Å². The summed E-state index contributed by atoms with van der Waals surface area (Å²) in [6.45, 7) is 7.10. The Morgan fingerprint density at radius 1 is 0.425 bits per heavy atom. The summed E-state index contributed by atoms with van der Waals surface area (Å²) in [5.74, 6) is -3.18. The lowest BCUT2D eigenvalue weighted by Gasteiger charge is -2.15. The molecule has 3 amide bonds. The number of hydrogen-bond donors (Lipinski definition) is 10. The maximum atomic E-state index is 11.1. The number of hydrogen-bond acceptors (Lipinski definition) is 44. The molecule has 17 aromatic rings. The topological polar surface area (TPSA) is 796 Å². The van der Waals surface area contributed by atoms with Crippen LogP contribution in [0.25, 0.3) is 66.6 Å². The first-order chi connectivity index (χ1) is 63.6. The van der Waals surface area contributed by atoms with Crippen molar-refractivity contribution in [1.29, 1.82) is 0 Å². The van der Waals surface area contributed by atoms with Crippen LogP contribution >= 0.6 is 168 Å². The number of nitrogens with two attached hydrogens (primary N) is 6. The van der Waals surface area contributed by atoms with Crippen LogP contribution in [0.4, 0.5) is 28.4 Å². The third-order valence-corrected chi connectivity index (χ3v) is 20.4. The van der Waals surface area contributed by atoms with E-state index in [2.05, 4.69) is 251 Å². The Hall–Kier alpha value is -12.1. The van der Waals surface area contributed by atoms with Crippen LogP contribution in [0.3, 0.4) is 0 Å². The lowest BCUT2D eigenvalue weighted by Crippen LogP contribution is -2.20. The van der Waals surface area contributed by atoms with E-state index in [9.17, 15) is 58.6 Å². The summed E-state index contributed by atoms with van der Waals surface area (Å²) in [4.78, 5) is 147.